The van der Waals surface area contributed by atoms with Gasteiger partial charge in [0, 0.05) is 46.4 Å². The van der Waals surface area contributed by atoms with Gasteiger partial charge in [0.1, 0.15) is 0 Å². The highest BCUT2D eigenvalue weighted by Gasteiger charge is 2.25. The number of anilines is 2. The second kappa shape index (κ2) is 8.54. The largest absolute Gasteiger partial charge is 0.380 e. The van der Waals surface area contributed by atoms with Crippen LogP contribution in [0.2, 0.25) is 0 Å². The number of nitrogens with zero attached hydrogens (tertiary/aromatic N) is 3. The summed E-state index contributed by atoms with van der Waals surface area (Å²) in [7, 11) is 1.72. The molecule has 0 bridgehead atoms. The van der Waals surface area contributed by atoms with Gasteiger partial charge in [-0.1, -0.05) is 19.1 Å². The van der Waals surface area contributed by atoms with Crippen LogP contribution in [-0.4, -0.2) is 74.9 Å². The highest BCUT2D eigenvalue weighted by Crippen LogP contribution is 2.27. The highest BCUT2D eigenvalue weighted by atomic mass is 16.5. The Hall–Kier alpha value is -1.79. The Balaban J connectivity index is 1.65. The van der Waals surface area contributed by atoms with Gasteiger partial charge in [-0.2, -0.15) is 0 Å². The molecule has 1 N–H and O–H groups in total. The minimum Gasteiger partial charge on any atom is -0.380 e. The number of hydrogen-bond donors (Lipinski definition) is 1. The lowest BCUT2D eigenvalue weighted by atomic mass is 10.1. The number of ether oxygens (including phenoxy) is 1. The first-order valence-electron chi connectivity index (χ1n) is 9.36. The van der Waals surface area contributed by atoms with E-state index in [0.717, 1.165) is 63.5 Å². The van der Waals surface area contributed by atoms with Crippen LogP contribution in [0.5, 0.6) is 0 Å². The predicted octanol–water partition coefficient (Wildman–Crippen LogP) is 2.47. The zero-order valence-corrected chi connectivity index (χ0v) is 15.4. The third kappa shape index (κ3) is 4.44. The maximum absolute atomic E-state index is 12.7. The Morgan fingerprint density at radius 3 is 2.68 bits per heavy atom. The van der Waals surface area contributed by atoms with Crippen molar-refractivity contribution in [2.75, 3.05) is 63.1 Å². The van der Waals surface area contributed by atoms with Gasteiger partial charge in [-0.25, -0.2) is 4.79 Å². The monoisotopic (exact) mass is 346 g/mol. The van der Waals surface area contributed by atoms with E-state index in [1.54, 1.807) is 7.11 Å². The summed E-state index contributed by atoms with van der Waals surface area (Å²) in [6.07, 6.45) is 2.17. The molecule has 1 unspecified atom stereocenters. The SMILES string of the molecule is CCN1CCN(c2ccccc2NC(=O)N2CCCC(OC)C2)CC1. The normalized spacial score (nSPS) is 22.1. The van der Waals surface area contributed by atoms with Gasteiger partial charge in [0.2, 0.25) is 0 Å². The van der Waals surface area contributed by atoms with Crippen molar-refractivity contribution in [1.82, 2.24) is 9.80 Å². The minimum absolute atomic E-state index is 0.0265. The maximum Gasteiger partial charge on any atom is 0.321 e. The van der Waals surface area contributed by atoms with Crippen molar-refractivity contribution in [2.45, 2.75) is 25.9 Å². The van der Waals surface area contributed by atoms with E-state index in [0.29, 0.717) is 6.54 Å². The molecule has 3 rings (SSSR count). The Morgan fingerprint density at radius 2 is 1.96 bits per heavy atom. The molecule has 1 aromatic rings. The molecule has 0 spiro atoms. The lowest BCUT2D eigenvalue weighted by Gasteiger charge is -2.37. The second-order valence-corrected chi connectivity index (χ2v) is 6.81. The second-order valence-electron chi connectivity index (χ2n) is 6.81. The van der Waals surface area contributed by atoms with Crippen molar-refractivity contribution in [3.63, 3.8) is 0 Å². The van der Waals surface area contributed by atoms with E-state index in [2.05, 4.69) is 28.1 Å². The van der Waals surface area contributed by atoms with Crippen LogP contribution in [0.3, 0.4) is 0 Å². The molecule has 0 aromatic heterocycles. The van der Waals surface area contributed by atoms with Crippen LogP contribution in [0.1, 0.15) is 19.8 Å². The standard InChI is InChI=1S/C19H30N4O2/c1-3-21-11-13-22(14-12-21)18-9-5-4-8-17(18)20-19(24)23-10-6-7-16(15-23)25-2/h4-5,8-9,16H,3,6-7,10-15H2,1-2H3,(H,20,24). The molecular weight excluding hydrogens is 316 g/mol. The molecule has 0 saturated carbocycles. The van der Waals surface area contributed by atoms with Crippen LogP contribution in [-0.2, 0) is 4.74 Å². The van der Waals surface area contributed by atoms with E-state index in [4.69, 9.17) is 4.74 Å². The highest BCUT2D eigenvalue weighted by molar-refractivity contribution is 5.93. The molecule has 0 aliphatic carbocycles. The number of carbonyl (C=O) groups is 1. The number of methoxy groups -OCH3 is 1. The average molecular weight is 346 g/mol. The molecule has 2 aliphatic rings. The molecule has 2 heterocycles. The first-order valence-corrected chi connectivity index (χ1v) is 9.36. The quantitative estimate of drug-likeness (QED) is 0.910. The van der Waals surface area contributed by atoms with Gasteiger partial charge in [-0.3, -0.25) is 0 Å². The number of likely N-dealkylation sites (tertiary alicyclic amines) is 1. The summed E-state index contributed by atoms with van der Waals surface area (Å²) in [6.45, 7) is 8.90. The molecule has 6 heteroatoms. The molecule has 2 saturated heterocycles. The van der Waals surface area contributed by atoms with Crippen LogP contribution < -0.4 is 10.2 Å². The van der Waals surface area contributed by atoms with Crippen LogP contribution in [0.15, 0.2) is 24.3 Å². The van der Waals surface area contributed by atoms with Gasteiger partial charge in [0.05, 0.1) is 17.5 Å². The Bertz CT molecular complexity index is 572. The molecule has 2 aliphatic heterocycles. The number of piperazine rings is 1. The molecular formula is C19H30N4O2. The molecule has 0 radical (unpaired) electrons. The fourth-order valence-electron chi connectivity index (χ4n) is 3.67. The van der Waals surface area contributed by atoms with Gasteiger partial charge in [0.25, 0.3) is 0 Å². The van der Waals surface area contributed by atoms with E-state index in [9.17, 15) is 4.79 Å². The summed E-state index contributed by atoms with van der Waals surface area (Å²) >= 11 is 0. The third-order valence-electron chi connectivity index (χ3n) is 5.30. The van der Waals surface area contributed by atoms with Crippen LogP contribution >= 0.6 is 0 Å². The topological polar surface area (TPSA) is 48.0 Å². The predicted molar refractivity (Wildman–Crippen MR) is 101 cm³/mol. The first kappa shape index (κ1) is 18.0. The number of para-hydroxylation sites is 2. The van der Waals surface area contributed by atoms with E-state index in [1.807, 2.05) is 23.1 Å². The smallest absolute Gasteiger partial charge is 0.321 e. The Morgan fingerprint density at radius 1 is 1.20 bits per heavy atom. The van der Waals surface area contributed by atoms with Crippen molar-refractivity contribution in [3.8, 4) is 0 Å². The van der Waals surface area contributed by atoms with Gasteiger partial charge in [-0.05, 0) is 31.5 Å². The number of urea groups is 1. The minimum atomic E-state index is -0.0265. The fraction of sp³-hybridized carbons (Fsp3) is 0.632. The number of piperidine rings is 1. The van der Waals surface area contributed by atoms with Crippen molar-refractivity contribution in [1.29, 1.82) is 0 Å². The maximum atomic E-state index is 12.7. The zero-order valence-electron chi connectivity index (χ0n) is 15.4. The number of amides is 2. The fourth-order valence-corrected chi connectivity index (χ4v) is 3.67. The van der Waals surface area contributed by atoms with Crippen molar-refractivity contribution >= 4 is 17.4 Å². The van der Waals surface area contributed by atoms with Crippen LogP contribution in [0.25, 0.3) is 0 Å². The summed E-state index contributed by atoms with van der Waals surface area (Å²) in [5.41, 5.74) is 2.02. The average Bonchev–Trinajstić information content (AvgIpc) is 2.68. The Kier molecular flexibility index (Phi) is 6.15. The molecule has 2 fully saturated rings. The summed E-state index contributed by atoms with van der Waals surface area (Å²) in [4.78, 5) is 19.4. The third-order valence-corrected chi connectivity index (χ3v) is 5.30. The summed E-state index contributed by atoms with van der Waals surface area (Å²) in [6, 6.07) is 8.10. The van der Waals surface area contributed by atoms with E-state index < -0.39 is 0 Å². The zero-order chi connectivity index (χ0) is 17.6. The lowest BCUT2D eigenvalue weighted by Crippen LogP contribution is -2.47. The number of rotatable bonds is 4. The lowest BCUT2D eigenvalue weighted by molar-refractivity contribution is 0.0458. The van der Waals surface area contributed by atoms with E-state index in [1.165, 1.54) is 0 Å². The van der Waals surface area contributed by atoms with Gasteiger partial charge >= 0.3 is 6.03 Å². The molecule has 1 atom stereocenters. The van der Waals surface area contributed by atoms with Gasteiger partial charge < -0.3 is 24.8 Å². The molecule has 2 amide bonds. The van der Waals surface area contributed by atoms with Crippen LogP contribution in [0, 0.1) is 0 Å². The van der Waals surface area contributed by atoms with Gasteiger partial charge in [-0.15, -0.1) is 0 Å². The number of nitrogens with one attached hydrogen (secondary N) is 1. The Labute approximate surface area is 150 Å². The van der Waals surface area contributed by atoms with Crippen molar-refractivity contribution in [2.24, 2.45) is 0 Å². The molecule has 1 aromatic carbocycles. The molecule has 6 nitrogen and oxygen atoms in total. The summed E-state index contributed by atoms with van der Waals surface area (Å²) in [5.74, 6) is 0. The summed E-state index contributed by atoms with van der Waals surface area (Å²) in [5, 5.41) is 3.12. The summed E-state index contributed by atoms with van der Waals surface area (Å²) < 4.78 is 5.43. The van der Waals surface area contributed by atoms with Crippen molar-refractivity contribution < 1.29 is 9.53 Å². The van der Waals surface area contributed by atoms with Crippen molar-refractivity contribution in [3.05, 3.63) is 24.3 Å². The number of benzene rings is 1. The number of likely N-dealkylation sites (N-methyl/N-ethyl adjacent to an activating group) is 1. The van der Waals surface area contributed by atoms with Gasteiger partial charge in [0.15, 0.2) is 0 Å². The number of hydrogen-bond acceptors (Lipinski definition) is 4. The van der Waals surface area contributed by atoms with E-state index in [-0.39, 0.29) is 12.1 Å². The molecule has 25 heavy (non-hydrogen) atoms. The van der Waals surface area contributed by atoms with E-state index >= 15 is 0 Å². The molecule has 138 valence electrons. The first-order chi connectivity index (χ1) is 12.2. The van der Waals surface area contributed by atoms with Crippen LogP contribution in [0.4, 0.5) is 16.2 Å². The number of carbonyl (C=O) groups excluding carboxylic acids is 1.